The minimum absolute atomic E-state index is 0.239. The molecule has 1 amide bonds. The standard InChI is InChI=1S/C24H19N3O4S/c1-13-17(23(30)31-3)19(14-9-5-4-6-10-14)27-22(29)20(32-24(27)25-13)18-15-11-7-8-12-16(15)26(2)21(18)28/h4-12,19H,1-3H3/b20-18-/t19-/m1/s1. The second-order valence-electron chi connectivity index (χ2n) is 7.56. The lowest BCUT2D eigenvalue weighted by atomic mass is 9.96. The van der Waals surface area contributed by atoms with Crippen LogP contribution in [-0.4, -0.2) is 30.6 Å². The van der Waals surface area contributed by atoms with Crippen molar-refractivity contribution in [3.05, 3.63) is 96.7 Å². The maximum Gasteiger partial charge on any atom is 0.338 e. The summed E-state index contributed by atoms with van der Waals surface area (Å²) in [5.41, 5.74) is 3.02. The second kappa shape index (κ2) is 7.42. The number of carbonyl (C=O) groups is 2. The molecule has 3 aromatic rings. The number of anilines is 1. The summed E-state index contributed by atoms with van der Waals surface area (Å²) in [6.45, 7) is 1.73. The zero-order valence-electron chi connectivity index (χ0n) is 17.7. The molecule has 32 heavy (non-hydrogen) atoms. The van der Waals surface area contributed by atoms with Gasteiger partial charge < -0.3 is 9.64 Å². The van der Waals surface area contributed by atoms with Gasteiger partial charge in [-0.05, 0) is 18.6 Å². The van der Waals surface area contributed by atoms with Crippen LogP contribution in [0.25, 0.3) is 5.57 Å². The van der Waals surface area contributed by atoms with Crippen molar-refractivity contribution < 1.29 is 14.3 Å². The Kier molecular flexibility index (Phi) is 4.67. The molecule has 160 valence electrons. The van der Waals surface area contributed by atoms with Crippen LogP contribution in [0.1, 0.15) is 24.1 Å². The van der Waals surface area contributed by atoms with Crippen molar-refractivity contribution in [2.24, 2.45) is 4.99 Å². The SMILES string of the molecule is COC(=O)C1=C(C)N=c2s/c(=C3\C(=O)N(C)c4ccccc43)c(=O)n2[C@@H]1c1ccccc1. The molecular formula is C24H19N3O4S. The molecule has 5 rings (SSSR count). The molecule has 0 N–H and O–H groups in total. The topological polar surface area (TPSA) is 81.0 Å². The van der Waals surface area contributed by atoms with Crippen LogP contribution >= 0.6 is 11.3 Å². The molecule has 2 aliphatic heterocycles. The first-order valence-corrected chi connectivity index (χ1v) is 10.8. The lowest BCUT2D eigenvalue weighted by Crippen LogP contribution is -2.40. The van der Waals surface area contributed by atoms with Crippen LogP contribution in [0.3, 0.4) is 0 Å². The van der Waals surface area contributed by atoms with Crippen LogP contribution in [0.5, 0.6) is 0 Å². The fourth-order valence-electron chi connectivity index (χ4n) is 4.28. The highest BCUT2D eigenvalue weighted by molar-refractivity contribution is 7.07. The van der Waals surface area contributed by atoms with E-state index in [2.05, 4.69) is 4.99 Å². The number of para-hydroxylation sites is 1. The number of amides is 1. The first kappa shape index (κ1) is 20.1. The van der Waals surface area contributed by atoms with Gasteiger partial charge >= 0.3 is 5.97 Å². The van der Waals surface area contributed by atoms with E-state index in [1.165, 1.54) is 23.0 Å². The number of allylic oxidation sites excluding steroid dienone is 1. The minimum atomic E-state index is -0.696. The number of hydrogen-bond acceptors (Lipinski definition) is 6. The molecule has 0 spiro atoms. The van der Waals surface area contributed by atoms with Gasteiger partial charge in [-0.25, -0.2) is 9.79 Å². The molecule has 2 aromatic carbocycles. The molecule has 0 saturated heterocycles. The number of fused-ring (bicyclic) bond motifs is 2. The van der Waals surface area contributed by atoms with Crippen molar-refractivity contribution in [3.63, 3.8) is 0 Å². The Balaban J connectivity index is 1.86. The van der Waals surface area contributed by atoms with Crippen molar-refractivity contribution >= 4 is 34.5 Å². The van der Waals surface area contributed by atoms with E-state index in [0.29, 0.717) is 31.7 Å². The summed E-state index contributed by atoms with van der Waals surface area (Å²) in [6, 6.07) is 16.0. The van der Waals surface area contributed by atoms with Gasteiger partial charge in [0.05, 0.1) is 35.7 Å². The minimum Gasteiger partial charge on any atom is -0.466 e. The van der Waals surface area contributed by atoms with Crippen molar-refractivity contribution in [1.29, 1.82) is 0 Å². The van der Waals surface area contributed by atoms with Crippen LogP contribution in [0, 0.1) is 0 Å². The summed E-state index contributed by atoms with van der Waals surface area (Å²) in [7, 11) is 3.00. The van der Waals surface area contributed by atoms with Gasteiger partial charge in [-0.2, -0.15) is 0 Å². The molecule has 0 saturated carbocycles. The predicted octanol–water partition coefficient (Wildman–Crippen LogP) is 1.75. The van der Waals surface area contributed by atoms with Crippen LogP contribution in [-0.2, 0) is 14.3 Å². The van der Waals surface area contributed by atoms with E-state index < -0.39 is 12.0 Å². The largest absolute Gasteiger partial charge is 0.466 e. The zero-order valence-corrected chi connectivity index (χ0v) is 18.5. The van der Waals surface area contributed by atoms with Gasteiger partial charge in [0.15, 0.2) is 4.80 Å². The van der Waals surface area contributed by atoms with Crippen LogP contribution < -0.4 is 19.8 Å². The number of esters is 1. The quantitative estimate of drug-likeness (QED) is 0.563. The molecule has 0 aliphatic carbocycles. The molecule has 8 heteroatoms. The van der Waals surface area contributed by atoms with E-state index in [4.69, 9.17) is 4.74 Å². The van der Waals surface area contributed by atoms with Crippen molar-refractivity contribution in [2.45, 2.75) is 13.0 Å². The van der Waals surface area contributed by atoms with Gasteiger partial charge in [0.1, 0.15) is 4.53 Å². The maximum absolute atomic E-state index is 13.8. The zero-order chi connectivity index (χ0) is 22.6. The average Bonchev–Trinajstić information content (AvgIpc) is 3.26. The fraction of sp³-hybridized carbons (Fsp3) is 0.167. The van der Waals surface area contributed by atoms with Crippen LogP contribution in [0.15, 0.2) is 75.7 Å². The van der Waals surface area contributed by atoms with E-state index in [-0.39, 0.29) is 11.5 Å². The summed E-state index contributed by atoms with van der Waals surface area (Å²) in [5.74, 6) is -0.781. The highest BCUT2D eigenvalue weighted by Gasteiger charge is 2.36. The molecule has 0 fully saturated rings. The number of carbonyl (C=O) groups excluding carboxylic acids is 2. The summed E-state index contributed by atoms with van der Waals surface area (Å²) in [4.78, 5) is 46.1. The first-order chi connectivity index (χ1) is 15.4. The van der Waals surface area contributed by atoms with E-state index in [1.54, 1.807) is 18.9 Å². The van der Waals surface area contributed by atoms with Gasteiger partial charge in [-0.3, -0.25) is 14.2 Å². The number of likely N-dealkylation sites (N-methyl/N-ethyl adjacent to an activating group) is 1. The fourth-order valence-corrected chi connectivity index (χ4v) is 5.42. The molecule has 1 atom stereocenters. The third kappa shape index (κ3) is 2.80. The second-order valence-corrected chi connectivity index (χ2v) is 8.54. The number of methoxy groups -OCH3 is 1. The third-order valence-electron chi connectivity index (χ3n) is 5.80. The van der Waals surface area contributed by atoms with E-state index in [9.17, 15) is 14.4 Å². The smallest absolute Gasteiger partial charge is 0.338 e. The highest BCUT2D eigenvalue weighted by Crippen LogP contribution is 2.34. The Morgan fingerprint density at radius 1 is 1.06 bits per heavy atom. The Hall–Kier alpha value is -3.78. The summed E-state index contributed by atoms with van der Waals surface area (Å²) >= 11 is 1.17. The van der Waals surface area contributed by atoms with Gasteiger partial charge in [0.2, 0.25) is 0 Å². The van der Waals surface area contributed by atoms with Crippen molar-refractivity contribution in [2.75, 3.05) is 19.1 Å². The molecule has 0 unspecified atom stereocenters. The highest BCUT2D eigenvalue weighted by atomic mass is 32.1. The third-order valence-corrected chi connectivity index (χ3v) is 6.85. The summed E-state index contributed by atoms with van der Waals surface area (Å²) in [5, 5.41) is 0. The molecule has 2 aliphatic rings. The van der Waals surface area contributed by atoms with E-state index in [0.717, 1.165) is 11.3 Å². The van der Waals surface area contributed by atoms with Gasteiger partial charge in [-0.1, -0.05) is 59.9 Å². The monoisotopic (exact) mass is 445 g/mol. The Bertz CT molecular complexity index is 1500. The predicted molar refractivity (Wildman–Crippen MR) is 121 cm³/mol. The lowest BCUT2D eigenvalue weighted by molar-refractivity contribution is -0.136. The molecule has 3 heterocycles. The number of benzene rings is 2. The number of nitrogens with zero attached hydrogens (tertiary/aromatic N) is 3. The number of hydrogen-bond donors (Lipinski definition) is 0. The Morgan fingerprint density at radius 2 is 1.75 bits per heavy atom. The van der Waals surface area contributed by atoms with Crippen molar-refractivity contribution in [1.82, 2.24) is 4.57 Å². The summed E-state index contributed by atoms with van der Waals surface area (Å²) < 4.78 is 6.82. The number of aromatic nitrogens is 1. The van der Waals surface area contributed by atoms with Crippen LogP contribution in [0.2, 0.25) is 0 Å². The molecule has 1 aromatic heterocycles. The lowest BCUT2D eigenvalue weighted by Gasteiger charge is -2.24. The van der Waals surface area contributed by atoms with E-state index in [1.807, 2.05) is 54.6 Å². The molecule has 0 bridgehead atoms. The molecule has 0 radical (unpaired) electrons. The van der Waals surface area contributed by atoms with Gasteiger partial charge in [0, 0.05) is 12.6 Å². The van der Waals surface area contributed by atoms with Crippen LogP contribution in [0.4, 0.5) is 5.69 Å². The molecule has 7 nitrogen and oxygen atoms in total. The van der Waals surface area contributed by atoms with E-state index >= 15 is 0 Å². The number of rotatable bonds is 2. The van der Waals surface area contributed by atoms with Gasteiger partial charge in [0.25, 0.3) is 11.5 Å². The number of thiazole rings is 1. The average molecular weight is 446 g/mol. The summed E-state index contributed by atoms with van der Waals surface area (Å²) in [6.07, 6.45) is 0. The molecular weight excluding hydrogens is 426 g/mol. The normalized spacial score (nSPS) is 18.9. The number of ether oxygens (including phenoxy) is 1. The Morgan fingerprint density at radius 3 is 2.47 bits per heavy atom. The van der Waals surface area contributed by atoms with Crippen molar-refractivity contribution in [3.8, 4) is 0 Å². The Labute approximate surface area is 187 Å². The first-order valence-electron chi connectivity index (χ1n) is 10.00. The maximum atomic E-state index is 13.8. The van der Waals surface area contributed by atoms with Gasteiger partial charge in [-0.15, -0.1) is 0 Å².